The average molecular weight is 246 g/mol. The molecule has 6 heteroatoms. The van der Waals surface area contributed by atoms with E-state index in [1.165, 1.54) is 18.3 Å². The predicted molar refractivity (Wildman–Crippen MR) is 61.3 cm³/mol. The lowest BCUT2D eigenvalue weighted by molar-refractivity contribution is 0.0931. The monoisotopic (exact) mass is 246 g/mol. The van der Waals surface area contributed by atoms with Crippen LogP contribution in [0, 0.1) is 5.82 Å². The van der Waals surface area contributed by atoms with Gasteiger partial charge in [0.2, 0.25) is 0 Å². The van der Waals surface area contributed by atoms with E-state index < -0.39 is 0 Å². The van der Waals surface area contributed by atoms with Gasteiger partial charge in [-0.15, -0.1) is 0 Å². The Morgan fingerprint density at radius 2 is 2.39 bits per heavy atom. The zero-order valence-corrected chi connectivity index (χ0v) is 9.48. The lowest BCUT2D eigenvalue weighted by atomic mass is 10.1. The van der Waals surface area contributed by atoms with Gasteiger partial charge in [-0.05, 0) is 36.1 Å². The maximum Gasteiger partial charge on any atom is 0.273 e. The van der Waals surface area contributed by atoms with E-state index in [2.05, 4.69) is 20.7 Å². The molecule has 2 aromatic rings. The summed E-state index contributed by atoms with van der Waals surface area (Å²) in [6, 6.07) is 4.59. The van der Waals surface area contributed by atoms with E-state index in [-0.39, 0.29) is 23.5 Å². The minimum atomic E-state index is -0.272. The summed E-state index contributed by atoms with van der Waals surface area (Å²) in [5.41, 5.74) is 2.19. The molecule has 0 bridgehead atoms. The molecule has 0 fully saturated rings. The van der Waals surface area contributed by atoms with Gasteiger partial charge in [0.25, 0.3) is 5.91 Å². The minimum absolute atomic E-state index is 0.0789. The molecule has 0 unspecified atom stereocenters. The van der Waals surface area contributed by atoms with Crippen molar-refractivity contribution in [2.45, 2.75) is 18.9 Å². The first-order valence-electron chi connectivity index (χ1n) is 5.69. The molecule has 3 rings (SSSR count). The Balaban J connectivity index is 1.79. The topological polar surface area (TPSA) is 70.7 Å². The Morgan fingerprint density at radius 3 is 3.17 bits per heavy atom. The van der Waals surface area contributed by atoms with E-state index in [1.54, 1.807) is 6.07 Å². The van der Waals surface area contributed by atoms with Crippen molar-refractivity contribution in [3.8, 4) is 0 Å². The van der Waals surface area contributed by atoms with Crippen LogP contribution in [0.15, 0.2) is 24.4 Å². The number of H-pyrrole nitrogens is 1. The standard InChI is InChI=1S/C12H11FN4O/c13-8-2-3-9-7(5-8)1-4-10(9)15-12(18)11-6-14-17-16-11/h2-3,5-6,10H,1,4H2,(H,15,18)(H,14,16,17)/t10-/m0/s1. The lowest BCUT2D eigenvalue weighted by Gasteiger charge is -2.12. The first-order chi connectivity index (χ1) is 8.74. The van der Waals surface area contributed by atoms with Gasteiger partial charge < -0.3 is 5.32 Å². The van der Waals surface area contributed by atoms with Crippen molar-refractivity contribution in [2.24, 2.45) is 0 Å². The SMILES string of the molecule is O=C(N[C@H]1CCc2cc(F)ccc21)c1cn[nH]n1. The number of rotatable bonds is 2. The average Bonchev–Trinajstić information content (AvgIpc) is 2.98. The summed E-state index contributed by atoms with van der Waals surface area (Å²) in [6.07, 6.45) is 2.93. The van der Waals surface area contributed by atoms with Crippen molar-refractivity contribution in [3.05, 3.63) is 47.0 Å². The van der Waals surface area contributed by atoms with Crippen LogP contribution in [0.1, 0.15) is 34.1 Å². The highest BCUT2D eigenvalue weighted by molar-refractivity contribution is 5.92. The van der Waals surface area contributed by atoms with Gasteiger partial charge in [0.15, 0.2) is 5.69 Å². The Kier molecular flexibility index (Phi) is 2.55. The van der Waals surface area contributed by atoms with Crippen LogP contribution in [0.4, 0.5) is 4.39 Å². The van der Waals surface area contributed by atoms with E-state index in [1.807, 2.05) is 0 Å². The second-order valence-corrected chi connectivity index (χ2v) is 4.26. The van der Waals surface area contributed by atoms with Crippen LogP contribution in [0.3, 0.4) is 0 Å². The van der Waals surface area contributed by atoms with Crippen molar-refractivity contribution < 1.29 is 9.18 Å². The molecular weight excluding hydrogens is 235 g/mol. The van der Waals surface area contributed by atoms with Gasteiger partial charge in [-0.3, -0.25) is 4.79 Å². The first-order valence-corrected chi connectivity index (χ1v) is 5.69. The van der Waals surface area contributed by atoms with Gasteiger partial charge in [0.1, 0.15) is 5.82 Å². The molecule has 0 spiro atoms. The molecule has 0 saturated heterocycles. The van der Waals surface area contributed by atoms with Crippen molar-refractivity contribution in [2.75, 3.05) is 0 Å². The summed E-state index contributed by atoms with van der Waals surface area (Å²) in [6.45, 7) is 0. The smallest absolute Gasteiger partial charge is 0.273 e. The molecule has 1 aliphatic carbocycles. The van der Waals surface area contributed by atoms with Gasteiger partial charge in [-0.1, -0.05) is 6.07 Å². The summed E-state index contributed by atoms with van der Waals surface area (Å²) < 4.78 is 13.1. The number of nitrogens with zero attached hydrogens (tertiary/aromatic N) is 2. The van der Waals surface area contributed by atoms with E-state index in [0.717, 1.165) is 24.0 Å². The number of nitrogens with one attached hydrogen (secondary N) is 2. The molecule has 18 heavy (non-hydrogen) atoms. The van der Waals surface area contributed by atoms with Crippen LogP contribution in [-0.4, -0.2) is 21.3 Å². The zero-order chi connectivity index (χ0) is 12.5. The molecule has 2 N–H and O–H groups in total. The molecular formula is C12H11FN4O. The highest BCUT2D eigenvalue weighted by atomic mass is 19.1. The Labute approximate surface area is 102 Å². The number of carbonyl (C=O) groups is 1. The minimum Gasteiger partial charge on any atom is -0.344 e. The molecule has 0 saturated carbocycles. The summed E-state index contributed by atoms with van der Waals surface area (Å²) in [5.74, 6) is -0.511. The molecule has 1 heterocycles. The fourth-order valence-corrected chi connectivity index (χ4v) is 2.28. The predicted octanol–water partition coefficient (Wildman–Crippen LogP) is 1.36. The van der Waals surface area contributed by atoms with E-state index in [0.29, 0.717) is 0 Å². The van der Waals surface area contributed by atoms with Crippen LogP contribution in [-0.2, 0) is 6.42 Å². The number of fused-ring (bicyclic) bond motifs is 1. The van der Waals surface area contributed by atoms with Crippen LogP contribution in [0.2, 0.25) is 0 Å². The summed E-state index contributed by atoms with van der Waals surface area (Å²) in [5, 5.41) is 12.6. The highest BCUT2D eigenvalue weighted by Gasteiger charge is 2.25. The number of aromatic amines is 1. The molecule has 1 aliphatic rings. The summed E-state index contributed by atoms with van der Waals surface area (Å²) >= 11 is 0. The van der Waals surface area contributed by atoms with Crippen molar-refractivity contribution in [1.29, 1.82) is 0 Å². The largest absolute Gasteiger partial charge is 0.344 e. The normalized spacial score (nSPS) is 17.5. The fraction of sp³-hybridized carbons (Fsp3) is 0.250. The van der Waals surface area contributed by atoms with Crippen LogP contribution >= 0.6 is 0 Å². The zero-order valence-electron chi connectivity index (χ0n) is 9.48. The number of carbonyl (C=O) groups excluding carboxylic acids is 1. The van der Waals surface area contributed by atoms with E-state index >= 15 is 0 Å². The highest BCUT2D eigenvalue weighted by Crippen LogP contribution is 2.31. The third-order valence-corrected chi connectivity index (χ3v) is 3.14. The molecule has 0 aliphatic heterocycles. The third-order valence-electron chi connectivity index (χ3n) is 3.14. The van der Waals surface area contributed by atoms with Crippen molar-refractivity contribution in [3.63, 3.8) is 0 Å². The third kappa shape index (κ3) is 1.85. The van der Waals surface area contributed by atoms with Crippen molar-refractivity contribution in [1.82, 2.24) is 20.7 Å². The fourth-order valence-electron chi connectivity index (χ4n) is 2.28. The summed E-state index contributed by atoms with van der Waals surface area (Å²) in [4.78, 5) is 11.8. The number of halogens is 1. The number of hydrogen-bond acceptors (Lipinski definition) is 3. The molecule has 1 aromatic heterocycles. The number of benzene rings is 1. The molecule has 1 aromatic carbocycles. The van der Waals surface area contributed by atoms with Gasteiger partial charge in [-0.2, -0.15) is 15.4 Å². The van der Waals surface area contributed by atoms with Gasteiger partial charge in [-0.25, -0.2) is 4.39 Å². The van der Waals surface area contributed by atoms with Crippen LogP contribution in [0.5, 0.6) is 0 Å². The second-order valence-electron chi connectivity index (χ2n) is 4.26. The van der Waals surface area contributed by atoms with Gasteiger partial charge in [0.05, 0.1) is 12.2 Å². The van der Waals surface area contributed by atoms with Crippen molar-refractivity contribution >= 4 is 5.91 Å². The van der Waals surface area contributed by atoms with Gasteiger partial charge >= 0.3 is 0 Å². The number of aryl methyl sites for hydroxylation is 1. The number of hydrogen-bond donors (Lipinski definition) is 2. The second kappa shape index (κ2) is 4.21. The summed E-state index contributed by atoms with van der Waals surface area (Å²) in [7, 11) is 0. The van der Waals surface area contributed by atoms with Crippen LogP contribution in [0.25, 0.3) is 0 Å². The molecule has 0 radical (unpaired) electrons. The number of amides is 1. The van der Waals surface area contributed by atoms with Gasteiger partial charge in [0, 0.05) is 0 Å². The number of aromatic nitrogens is 3. The Bertz CT molecular complexity index is 582. The van der Waals surface area contributed by atoms with E-state index in [9.17, 15) is 9.18 Å². The maximum atomic E-state index is 13.1. The molecule has 92 valence electrons. The maximum absolute atomic E-state index is 13.1. The first kappa shape index (κ1) is 10.9. The molecule has 5 nitrogen and oxygen atoms in total. The molecule has 1 atom stereocenters. The Hall–Kier alpha value is -2.24. The quantitative estimate of drug-likeness (QED) is 0.840. The lowest BCUT2D eigenvalue weighted by Crippen LogP contribution is -2.27. The Morgan fingerprint density at radius 1 is 1.50 bits per heavy atom. The molecule has 1 amide bonds. The van der Waals surface area contributed by atoms with Crippen LogP contribution < -0.4 is 5.32 Å². The van der Waals surface area contributed by atoms with E-state index in [4.69, 9.17) is 0 Å².